The van der Waals surface area contributed by atoms with Gasteiger partial charge in [-0.3, -0.25) is 4.90 Å². The van der Waals surface area contributed by atoms with E-state index in [9.17, 15) is 14.0 Å². The fraction of sp³-hybridized carbons (Fsp3) is 0.500. The number of likely N-dealkylation sites (tertiary alicyclic amines) is 1. The van der Waals surface area contributed by atoms with Gasteiger partial charge in [-0.15, -0.1) is 0 Å². The summed E-state index contributed by atoms with van der Waals surface area (Å²) in [7, 11) is 0. The van der Waals surface area contributed by atoms with Crippen LogP contribution in [-0.2, 0) is 9.53 Å². The van der Waals surface area contributed by atoms with Gasteiger partial charge in [0.15, 0.2) is 11.6 Å². The van der Waals surface area contributed by atoms with Crippen molar-refractivity contribution < 1.29 is 23.5 Å². The fourth-order valence-electron chi connectivity index (χ4n) is 2.29. The molecule has 1 aliphatic heterocycles. The highest BCUT2D eigenvalue weighted by Gasteiger charge is 2.38. The summed E-state index contributed by atoms with van der Waals surface area (Å²) in [6, 6.07) is 5.43. The Balaban J connectivity index is 2.04. The molecule has 0 unspecified atom stereocenters. The van der Waals surface area contributed by atoms with Gasteiger partial charge in [0.05, 0.1) is 12.6 Å². The Hall–Kier alpha value is -2.11. The highest BCUT2D eigenvalue weighted by Crippen LogP contribution is 2.25. The van der Waals surface area contributed by atoms with Crippen LogP contribution in [0.4, 0.5) is 9.18 Å². The number of hydrogen-bond donors (Lipinski definition) is 0. The lowest BCUT2D eigenvalue weighted by atomic mass is 10.2. The van der Waals surface area contributed by atoms with Gasteiger partial charge in [-0.1, -0.05) is 12.1 Å². The van der Waals surface area contributed by atoms with Crippen molar-refractivity contribution >= 4 is 12.4 Å². The predicted octanol–water partition coefficient (Wildman–Crippen LogP) is 2.78. The van der Waals surface area contributed by atoms with Crippen LogP contribution in [0.3, 0.4) is 0 Å². The maximum Gasteiger partial charge on any atom is 0.411 e. The number of carbonyl (C=O) groups is 2. The summed E-state index contributed by atoms with van der Waals surface area (Å²) in [4.78, 5) is 24.6. The molecule has 0 radical (unpaired) electrons. The minimum absolute atomic E-state index is 0.114. The largest absolute Gasteiger partial charge is 0.485 e. The normalized spacial score (nSPS) is 21.5. The summed E-state index contributed by atoms with van der Waals surface area (Å²) in [5.41, 5.74) is -0.644. The molecule has 1 aromatic rings. The van der Waals surface area contributed by atoms with E-state index in [1.165, 1.54) is 17.0 Å². The number of carbonyl (C=O) groups excluding carboxylic acids is 2. The number of nitrogens with zero attached hydrogens (tertiary/aromatic N) is 1. The zero-order valence-corrected chi connectivity index (χ0v) is 12.9. The lowest BCUT2D eigenvalue weighted by Crippen LogP contribution is -2.41. The first-order chi connectivity index (χ1) is 10.3. The van der Waals surface area contributed by atoms with Crippen molar-refractivity contribution in [1.82, 2.24) is 4.90 Å². The smallest absolute Gasteiger partial charge is 0.411 e. The van der Waals surface area contributed by atoms with E-state index in [4.69, 9.17) is 9.47 Å². The number of benzene rings is 1. The molecule has 0 spiro atoms. The van der Waals surface area contributed by atoms with Gasteiger partial charge in [0, 0.05) is 6.42 Å². The van der Waals surface area contributed by atoms with Crippen LogP contribution in [0.5, 0.6) is 5.75 Å². The van der Waals surface area contributed by atoms with Gasteiger partial charge < -0.3 is 14.3 Å². The zero-order valence-electron chi connectivity index (χ0n) is 12.9. The van der Waals surface area contributed by atoms with Crippen LogP contribution in [0.1, 0.15) is 27.2 Å². The predicted molar refractivity (Wildman–Crippen MR) is 78.2 cm³/mol. The summed E-state index contributed by atoms with van der Waals surface area (Å²) in [5, 5.41) is 0. The minimum atomic E-state index is -0.644. The molecule has 120 valence electrons. The molecular formula is C16H20FNO4. The third-order valence-corrected chi connectivity index (χ3v) is 3.22. The van der Waals surface area contributed by atoms with Crippen molar-refractivity contribution in [3.05, 3.63) is 30.1 Å². The van der Waals surface area contributed by atoms with E-state index in [1.807, 2.05) is 0 Å². The summed E-state index contributed by atoms with van der Waals surface area (Å²) in [5.74, 6) is -0.357. The fourth-order valence-corrected chi connectivity index (χ4v) is 2.29. The Morgan fingerprint density at radius 3 is 2.64 bits per heavy atom. The van der Waals surface area contributed by atoms with E-state index in [2.05, 4.69) is 0 Å². The minimum Gasteiger partial charge on any atom is -0.485 e. The van der Waals surface area contributed by atoms with E-state index in [0.29, 0.717) is 12.7 Å². The number of halogens is 1. The van der Waals surface area contributed by atoms with Gasteiger partial charge in [-0.2, -0.15) is 0 Å². The first-order valence-corrected chi connectivity index (χ1v) is 7.16. The first kappa shape index (κ1) is 16.3. The van der Waals surface area contributed by atoms with Gasteiger partial charge in [-0.05, 0) is 32.9 Å². The molecule has 1 saturated heterocycles. The van der Waals surface area contributed by atoms with Crippen LogP contribution in [-0.4, -0.2) is 41.6 Å². The molecule has 0 aromatic heterocycles. The average Bonchev–Trinajstić information content (AvgIpc) is 2.83. The van der Waals surface area contributed by atoms with Gasteiger partial charge in [0.1, 0.15) is 18.0 Å². The molecule has 0 saturated carbocycles. The summed E-state index contributed by atoms with van der Waals surface area (Å²) < 4.78 is 24.4. The van der Waals surface area contributed by atoms with Crippen molar-refractivity contribution in [1.29, 1.82) is 0 Å². The van der Waals surface area contributed by atoms with Crippen LogP contribution in [0.15, 0.2) is 24.3 Å². The van der Waals surface area contributed by atoms with Gasteiger partial charge in [0.2, 0.25) is 0 Å². The second-order valence-electron chi connectivity index (χ2n) is 6.24. The average molecular weight is 309 g/mol. The Bertz CT molecular complexity index is 555. The second kappa shape index (κ2) is 6.34. The van der Waals surface area contributed by atoms with Crippen molar-refractivity contribution in [3.63, 3.8) is 0 Å². The molecule has 6 heteroatoms. The van der Waals surface area contributed by atoms with Crippen LogP contribution in [0.2, 0.25) is 0 Å². The van der Waals surface area contributed by atoms with Crippen molar-refractivity contribution in [2.45, 2.75) is 44.9 Å². The molecule has 1 heterocycles. The Morgan fingerprint density at radius 1 is 1.36 bits per heavy atom. The third-order valence-electron chi connectivity index (χ3n) is 3.22. The standard InChI is InChI=1S/C16H20FNO4/c1-16(2,3)22-15(20)18-9-12(8-11(18)10-19)21-14-7-5-4-6-13(14)17/h4-7,10-12H,8-9H2,1-3H3/t11-,12+/m0/s1. The highest BCUT2D eigenvalue weighted by molar-refractivity contribution is 5.74. The number of aldehydes is 1. The van der Waals surface area contributed by atoms with Crippen molar-refractivity contribution in [2.75, 3.05) is 6.54 Å². The van der Waals surface area contributed by atoms with E-state index >= 15 is 0 Å². The molecule has 1 fully saturated rings. The van der Waals surface area contributed by atoms with Crippen LogP contribution < -0.4 is 4.74 Å². The summed E-state index contributed by atoms with van der Waals surface area (Å²) in [6.45, 7) is 5.45. The summed E-state index contributed by atoms with van der Waals surface area (Å²) >= 11 is 0. The topological polar surface area (TPSA) is 55.8 Å². The van der Waals surface area contributed by atoms with Gasteiger partial charge >= 0.3 is 6.09 Å². The number of para-hydroxylation sites is 1. The number of amides is 1. The maximum atomic E-state index is 13.6. The Kier molecular flexibility index (Phi) is 4.68. The molecule has 0 aliphatic carbocycles. The van der Waals surface area contributed by atoms with Crippen LogP contribution in [0, 0.1) is 5.82 Å². The molecule has 0 N–H and O–H groups in total. The molecule has 1 aromatic carbocycles. The number of rotatable bonds is 3. The number of ether oxygens (including phenoxy) is 2. The van der Waals surface area contributed by atoms with Gasteiger partial charge in [0.25, 0.3) is 0 Å². The third kappa shape index (κ3) is 3.96. The van der Waals surface area contributed by atoms with Crippen LogP contribution in [0.25, 0.3) is 0 Å². The SMILES string of the molecule is CC(C)(C)OC(=O)N1C[C@H](Oc2ccccc2F)C[C@H]1C=O. The molecule has 2 rings (SSSR count). The molecule has 2 atom stereocenters. The summed E-state index contributed by atoms with van der Waals surface area (Å²) in [6.07, 6.45) is -0.00466. The molecule has 5 nitrogen and oxygen atoms in total. The lowest BCUT2D eigenvalue weighted by Gasteiger charge is -2.26. The molecular weight excluding hydrogens is 289 g/mol. The maximum absolute atomic E-state index is 13.6. The number of hydrogen-bond acceptors (Lipinski definition) is 4. The Morgan fingerprint density at radius 2 is 2.05 bits per heavy atom. The zero-order chi connectivity index (χ0) is 16.3. The highest BCUT2D eigenvalue weighted by atomic mass is 19.1. The van der Waals surface area contributed by atoms with E-state index < -0.39 is 29.7 Å². The lowest BCUT2D eigenvalue weighted by molar-refractivity contribution is -0.111. The quantitative estimate of drug-likeness (QED) is 0.806. The molecule has 22 heavy (non-hydrogen) atoms. The second-order valence-corrected chi connectivity index (χ2v) is 6.24. The van der Waals surface area contributed by atoms with E-state index in [-0.39, 0.29) is 12.3 Å². The van der Waals surface area contributed by atoms with E-state index in [0.717, 1.165) is 0 Å². The molecule has 1 amide bonds. The van der Waals surface area contributed by atoms with Crippen molar-refractivity contribution in [3.8, 4) is 5.75 Å². The monoisotopic (exact) mass is 309 g/mol. The van der Waals surface area contributed by atoms with Gasteiger partial charge in [-0.25, -0.2) is 9.18 Å². The Labute approximate surface area is 129 Å². The van der Waals surface area contributed by atoms with Crippen molar-refractivity contribution in [2.24, 2.45) is 0 Å². The van der Waals surface area contributed by atoms with E-state index in [1.54, 1.807) is 32.9 Å². The first-order valence-electron chi connectivity index (χ1n) is 7.16. The molecule has 0 bridgehead atoms. The molecule has 1 aliphatic rings. The van der Waals surface area contributed by atoms with Crippen LogP contribution >= 0.6 is 0 Å².